The maximum absolute atomic E-state index is 6.02. The van der Waals surface area contributed by atoms with Gasteiger partial charge in [-0.25, -0.2) is 4.98 Å². The van der Waals surface area contributed by atoms with E-state index in [0.717, 1.165) is 41.7 Å². The number of fused-ring (bicyclic) bond motifs is 1. The van der Waals surface area contributed by atoms with Crippen molar-refractivity contribution in [3.05, 3.63) is 48.0 Å². The lowest BCUT2D eigenvalue weighted by Gasteiger charge is -2.26. The Morgan fingerprint density at radius 2 is 1.90 bits per heavy atom. The van der Waals surface area contributed by atoms with Crippen LogP contribution in [0.25, 0.3) is 10.2 Å². The normalized spacial score (nSPS) is 14.8. The quantitative estimate of drug-likeness (QED) is 0.492. The van der Waals surface area contributed by atoms with Crippen LogP contribution in [0.4, 0.5) is 5.13 Å². The van der Waals surface area contributed by atoms with Gasteiger partial charge >= 0.3 is 0 Å². The Hall–Kier alpha value is -2.31. The molecule has 0 aliphatic carbocycles. The molecule has 4 rings (SSSR count). The monoisotopic (exact) mass is 411 g/mol. The summed E-state index contributed by atoms with van der Waals surface area (Å²) in [5.41, 5.74) is 2.31. The van der Waals surface area contributed by atoms with Crippen molar-refractivity contribution in [3.8, 4) is 11.5 Å². The minimum Gasteiger partial charge on any atom is -0.497 e. The van der Waals surface area contributed by atoms with Gasteiger partial charge in [0.2, 0.25) is 0 Å². The van der Waals surface area contributed by atoms with E-state index in [4.69, 9.17) is 9.47 Å². The molecule has 0 saturated carbocycles. The van der Waals surface area contributed by atoms with Crippen LogP contribution >= 0.6 is 11.3 Å². The topological polar surface area (TPSA) is 46.6 Å². The zero-order valence-corrected chi connectivity index (χ0v) is 17.8. The number of ether oxygens (including phenoxy) is 2. The van der Waals surface area contributed by atoms with E-state index in [1.54, 1.807) is 18.4 Å². The fraction of sp³-hybridized carbons (Fsp3) is 0.435. The summed E-state index contributed by atoms with van der Waals surface area (Å²) in [7, 11) is 1.71. The summed E-state index contributed by atoms with van der Waals surface area (Å²) < 4.78 is 12.7. The van der Waals surface area contributed by atoms with Crippen molar-refractivity contribution < 1.29 is 9.47 Å². The zero-order valence-electron chi connectivity index (χ0n) is 17.0. The van der Waals surface area contributed by atoms with Crippen LogP contribution < -0.4 is 14.8 Å². The number of rotatable bonds is 9. The molecule has 29 heavy (non-hydrogen) atoms. The predicted molar refractivity (Wildman–Crippen MR) is 120 cm³/mol. The highest BCUT2D eigenvalue weighted by molar-refractivity contribution is 7.22. The molecule has 1 fully saturated rings. The van der Waals surface area contributed by atoms with E-state index in [-0.39, 0.29) is 0 Å². The summed E-state index contributed by atoms with van der Waals surface area (Å²) in [4.78, 5) is 7.12. The fourth-order valence-corrected chi connectivity index (χ4v) is 4.60. The highest BCUT2D eigenvalue weighted by Gasteiger charge is 2.12. The van der Waals surface area contributed by atoms with E-state index in [9.17, 15) is 0 Å². The molecule has 2 heterocycles. The van der Waals surface area contributed by atoms with Gasteiger partial charge in [-0.2, -0.15) is 0 Å². The molecule has 154 valence electrons. The van der Waals surface area contributed by atoms with Crippen LogP contribution in [0.15, 0.2) is 42.5 Å². The summed E-state index contributed by atoms with van der Waals surface area (Å²) in [6, 6.07) is 14.5. The Bertz CT molecular complexity index is 888. The zero-order chi connectivity index (χ0) is 19.9. The lowest BCUT2D eigenvalue weighted by atomic mass is 10.1. The molecule has 1 aromatic heterocycles. The maximum Gasteiger partial charge on any atom is 0.183 e. The molecular weight excluding hydrogens is 382 g/mol. The number of piperidine rings is 1. The van der Waals surface area contributed by atoms with Gasteiger partial charge in [-0.1, -0.05) is 29.9 Å². The molecule has 0 unspecified atom stereocenters. The number of hydrogen-bond acceptors (Lipinski definition) is 6. The molecule has 0 bridgehead atoms. The number of thiazole rings is 1. The number of aromatic nitrogens is 1. The van der Waals surface area contributed by atoms with Crippen LogP contribution in [0.5, 0.6) is 11.5 Å². The van der Waals surface area contributed by atoms with Gasteiger partial charge in [0.25, 0.3) is 0 Å². The molecule has 1 aliphatic heterocycles. The Morgan fingerprint density at radius 3 is 2.72 bits per heavy atom. The summed E-state index contributed by atoms with van der Waals surface area (Å²) in [5, 5.41) is 4.37. The minimum atomic E-state index is 0.661. The van der Waals surface area contributed by atoms with E-state index >= 15 is 0 Å². The van der Waals surface area contributed by atoms with Crippen LogP contribution in [-0.2, 0) is 6.54 Å². The first-order chi connectivity index (χ1) is 14.3. The number of nitrogens with zero attached hydrogens (tertiary/aromatic N) is 2. The van der Waals surface area contributed by atoms with Crippen molar-refractivity contribution >= 4 is 26.7 Å². The second kappa shape index (κ2) is 9.94. The third kappa shape index (κ3) is 5.61. The number of anilines is 1. The molecule has 3 aromatic rings. The van der Waals surface area contributed by atoms with Crippen LogP contribution in [0.2, 0.25) is 0 Å². The molecule has 0 amide bonds. The van der Waals surface area contributed by atoms with E-state index in [2.05, 4.69) is 33.4 Å². The van der Waals surface area contributed by atoms with Crippen molar-refractivity contribution in [2.75, 3.05) is 38.7 Å². The Morgan fingerprint density at radius 1 is 1.07 bits per heavy atom. The Balaban J connectivity index is 1.26. The second-order valence-corrected chi connectivity index (χ2v) is 8.50. The maximum atomic E-state index is 6.02. The van der Waals surface area contributed by atoms with E-state index in [1.807, 2.05) is 24.3 Å². The molecule has 5 nitrogen and oxygen atoms in total. The number of likely N-dealkylation sites (tertiary alicyclic amines) is 1. The van der Waals surface area contributed by atoms with Crippen molar-refractivity contribution in [1.29, 1.82) is 0 Å². The summed E-state index contributed by atoms with van der Waals surface area (Å²) in [5.74, 6) is 1.75. The smallest absolute Gasteiger partial charge is 0.183 e. The van der Waals surface area contributed by atoms with Crippen molar-refractivity contribution in [2.24, 2.45) is 0 Å². The highest BCUT2D eigenvalue weighted by Crippen LogP contribution is 2.26. The standard InChI is InChI=1S/C23H29N3O2S/c1-27-19-14-18(17-26-11-5-2-6-12-26)15-20(16-19)28-13-7-10-24-23-25-21-8-3-4-9-22(21)29-23/h3-4,8-9,14-16H,2,5-7,10-13,17H2,1H3,(H,24,25). The number of nitrogens with one attached hydrogen (secondary N) is 1. The van der Waals surface area contributed by atoms with E-state index < -0.39 is 0 Å². The first-order valence-corrected chi connectivity index (χ1v) is 11.2. The SMILES string of the molecule is COc1cc(CN2CCCCC2)cc(OCCCNc2nc3ccccc3s2)c1. The van der Waals surface area contributed by atoms with Gasteiger partial charge in [0, 0.05) is 19.2 Å². The average Bonchev–Trinajstić information content (AvgIpc) is 3.17. The summed E-state index contributed by atoms with van der Waals surface area (Å²) in [6.07, 6.45) is 4.87. The lowest BCUT2D eigenvalue weighted by Crippen LogP contribution is -2.29. The highest BCUT2D eigenvalue weighted by atomic mass is 32.1. The van der Waals surface area contributed by atoms with Gasteiger partial charge in [0.1, 0.15) is 11.5 Å². The second-order valence-electron chi connectivity index (χ2n) is 7.47. The molecule has 0 atom stereocenters. The molecule has 6 heteroatoms. The molecule has 1 saturated heterocycles. The molecule has 1 N–H and O–H groups in total. The fourth-order valence-electron chi connectivity index (χ4n) is 3.70. The third-order valence-corrected chi connectivity index (χ3v) is 6.18. The van der Waals surface area contributed by atoms with Crippen LogP contribution in [0.1, 0.15) is 31.2 Å². The molecular formula is C23H29N3O2S. The number of para-hydroxylation sites is 1. The minimum absolute atomic E-state index is 0.661. The predicted octanol–water partition coefficient (Wildman–Crippen LogP) is 5.17. The first kappa shape index (κ1) is 20.0. The van der Waals surface area contributed by atoms with Crippen molar-refractivity contribution in [3.63, 3.8) is 0 Å². The lowest BCUT2D eigenvalue weighted by molar-refractivity contribution is 0.220. The van der Waals surface area contributed by atoms with Gasteiger partial charge in [0.05, 0.1) is 23.9 Å². The summed E-state index contributed by atoms with van der Waals surface area (Å²) in [6.45, 7) is 4.83. The van der Waals surface area contributed by atoms with Crippen molar-refractivity contribution in [1.82, 2.24) is 9.88 Å². The van der Waals surface area contributed by atoms with Gasteiger partial charge in [0.15, 0.2) is 5.13 Å². The molecule has 0 spiro atoms. The van der Waals surface area contributed by atoms with Gasteiger partial charge in [-0.15, -0.1) is 0 Å². The van der Waals surface area contributed by atoms with E-state index in [1.165, 1.54) is 42.6 Å². The average molecular weight is 412 g/mol. The Labute approximate surface area is 176 Å². The van der Waals surface area contributed by atoms with Gasteiger partial charge < -0.3 is 14.8 Å². The molecule has 1 aliphatic rings. The molecule has 2 aromatic carbocycles. The summed E-state index contributed by atoms with van der Waals surface area (Å²) >= 11 is 1.69. The first-order valence-electron chi connectivity index (χ1n) is 10.4. The van der Waals surface area contributed by atoms with Crippen LogP contribution in [0.3, 0.4) is 0 Å². The van der Waals surface area contributed by atoms with Crippen LogP contribution in [-0.4, -0.2) is 43.2 Å². The number of hydrogen-bond donors (Lipinski definition) is 1. The van der Waals surface area contributed by atoms with Crippen LogP contribution in [0, 0.1) is 0 Å². The largest absolute Gasteiger partial charge is 0.497 e. The third-order valence-electron chi connectivity index (χ3n) is 5.19. The van der Waals surface area contributed by atoms with E-state index in [0.29, 0.717) is 6.61 Å². The molecule has 0 radical (unpaired) electrons. The van der Waals surface area contributed by atoms with Gasteiger partial charge in [-0.3, -0.25) is 4.90 Å². The number of methoxy groups -OCH3 is 1. The van der Waals surface area contributed by atoms with Crippen molar-refractivity contribution in [2.45, 2.75) is 32.2 Å². The Kier molecular flexibility index (Phi) is 6.85. The van der Waals surface area contributed by atoms with Gasteiger partial charge in [-0.05, 0) is 62.2 Å². The number of benzene rings is 2.